The second kappa shape index (κ2) is 5.79. The van der Waals surface area contributed by atoms with Crippen LogP contribution in [0, 0.1) is 6.92 Å². The molecule has 2 N–H and O–H groups in total. The second-order valence-electron chi connectivity index (χ2n) is 4.43. The van der Waals surface area contributed by atoms with Crippen molar-refractivity contribution in [2.75, 3.05) is 11.9 Å². The molecule has 0 bridgehead atoms. The van der Waals surface area contributed by atoms with E-state index >= 15 is 0 Å². The SMILES string of the molecule is Cc1ccc(C(=O)N(C)c2ccccc2C(N)=S)cn1. The molecule has 0 spiro atoms. The Labute approximate surface area is 123 Å². The van der Waals surface area contributed by atoms with Crippen LogP contribution in [-0.2, 0) is 0 Å². The first-order chi connectivity index (χ1) is 9.50. The molecule has 1 aromatic carbocycles. The minimum Gasteiger partial charge on any atom is -0.389 e. The number of aromatic nitrogens is 1. The van der Waals surface area contributed by atoms with Gasteiger partial charge in [-0.15, -0.1) is 0 Å². The predicted octanol–water partition coefficient (Wildman–Crippen LogP) is 2.30. The summed E-state index contributed by atoms with van der Waals surface area (Å²) < 4.78 is 0. The molecule has 4 nitrogen and oxygen atoms in total. The van der Waals surface area contributed by atoms with Crippen molar-refractivity contribution in [1.82, 2.24) is 4.98 Å². The lowest BCUT2D eigenvalue weighted by Gasteiger charge is -2.20. The highest BCUT2D eigenvalue weighted by atomic mass is 32.1. The van der Waals surface area contributed by atoms with Gasteiger partial charge in [-0.1, -0.05) is 24.4 Å². The molecule has 0 unspecified atom stereocenters. The smallest absolute Gasteiger partial charge is 0.259 e. The van der Waals surface area contributed by atoms with Crippen molar-refractivity contribution in [3.05, 3.63) is 59.4 Å². The van der Waals surface area contributed by atoms with Gasteiger partial charge in [0.1, 0.15) is 4.99 Å². The van der Waals surface area contributed by atoms with E-state index in [2.05, 4.69) is 4.98 Å². The van der Waals surface area contributed by atoms with E-state index < -0.39 is 0 Å². The van der Waals surface area contributed by atoms with Gasteiger partial charge in [0.25, 0.3) is 5.91 Å². The predicted molar refractivity (Wildman–Crippen MR) is 84.0 cm³/mol. The Kier molecular flexibility index (Phi) is 4.10. The Morgan fingerprint density at radius 2 is 1.95 bits per heavy atom. The van der Waals surface area contributed by atoms with Gasteiger partial charge in [0.05, 0.1) is 11.3 Å². The van der Waals surface area contributed by atoms with Crippen molar-refractivity contribution in [1.29, 1.82) is 0 Å². The first kappa shape index (κ1) is 14.1. The molecule has 2 aromatic rings. The molecule has 0 fully saturated rings. The van der Waals surface area contributed by atoms with Gasteiger partial charge in [0, 0.05) is 24.5 Å². The molecule has 0 atom stereocenters. The van der Waals surface area contributed by atoms with Crippen molar-refractivity contribution in [2.24, 2.45) is 5.73 Å². The van der Waals surface area contributed by atoms with Gasteiger partial charge >= 0.3 is 0 Å². The van der Waals surface area contributed by atoms with Crippen LogP contribution in [0.5, 0.6) is 0 Å². The van der Waals surface area contributed by atoms with Gasteiger partial charge in [-0.05, 0) is 31.2 Å². The Morgan fingerprint density at radius 1 is 1.25 bits per heavy atom. The summed E-state index contributed by atoms with van der Waals surface area (Å²) in [6, 6.07) is 10.9. The number of thiocarbonyl (C=S) groups is 1. The number of hydrogen-bond donors (Lipinski definition) is 1. The highest BCUT2D eigenvalue weighted by Gasteiger charge is 2.17. The van der Waals surface area contributed by atoms with Crippen LogP contribution in [0.4, 0.5) is 5.69 Å². The van der Waals surface area contributed by atoms with E-state index in [4.69, 9.17) is 18.0 Å². The summed E-state index contributed by atoms with van der Waals surface area (Å²) in [5.74, 6) is -0.152. The van der Waals surface area contributed by atoms with E-state index in [9.17, 15) is 4.79 Å². The highest BCUT2D eigenvalue weighted by molar-refractivity contribution is 7.80. The van der Waals surface area contributed by atoms with Crippen molar-refractivity contribution < 1.29 is 4.79 Å². The van der Waals surface area contributed by atoms with Crippen molar-refractivity contribution >= 4 is 28.8 Å². The number of para-hydroxylation sites is 1. The molecule has 0 saturated heterocycles. The quantitative estimate of drug-likeness (QED) is 0.879. The topological polar surface area (TPSA) is 59.2 Å². The Bertz CT molecular complexity index is 652. The number of hydrogen-bond acceptors (Lipinski definition) is 3. The van der Waals surface area contributed by atoms with Crippen LogP contribution in [0.3, 0.4) is 0 Å². The number of nitrogens with zero attached hydrogens (tertiary/aromatic N) is 2. The lowest BCUT2D eigenvalue weighted by molar-refractivity contribution is 0.0992. The van der Waals surface area contributed by atoms with Crippen LogP contribution in [0.1, 0.15) is 21.6 Å². The summed E-state index contributed by atoms with van der Waals surface area (Å²) in [7, 11) is 1.69. The van der Waals surface area contributed by atoms with Gasteiger partial charge in [0.2, 0.25) is 0 Å². The van der Waals surface area contributed by atoms with E-state index in [1.807, 2.05) is 25.1 Å². The van der Waals surface area contributed by atoms with Crippen LogP contribution in [0.15, 0.2) is 42.6 Å². The van der Waals surface area contributed by atoms with Crippen LogP contribution in [-0.4, -0.2) is 22.9 Å². The third kappa shape index (κ3) is 2.83. The standard InChI is InChI=1S/C15H15N3OS/c1-10-7-8-11(9-17-10)15(19)18(2)13-6-4-3-5-12(13)14(16)20/h3-9H,1-2H3,(H2,16,20). The number of rotatable bonds is 3. The molecule has 1 aromatic heterocycles. The molecule has 0 radical (unpaired) electrons. The zero-order valence-electron chi connectivity index (χ0n) is 11.3. The molecular weight excluding hydrogens is 270 g/mol. The minimum atomic E-state index is -0.152. The molecule has 1 amide bonds. The molecule has 102 valence electrons. The molecule has 20 heavy (non-hydrogen) atoms. The summed E-state index contributed by atoms with van der Waals surface area (Å²) in [5.41, 5.74) is 8.45. The molecule has 0 saturated carbocycles. The average molecular weight is 285 g/mol. The van der Waals surface area contributed by atoms with Crippen LogP contribution in [0.25, 0.3) is 0 Å². The van der Waals surface area contributed by atoms with E-state index in [0.717, 1.165) is 5.69 Å². The minimum absolute atomic E-state index is 0.152. The number of benzene rings is 1. The maximum Gasteiger partial charge on any atom is 0.259 e. The summed E-state index contributed by atoms with van der Waals surface area (Å²) in [5, 5.41) is 0. The third-order valence-corrected chi connectivity index (χ3v) is 3.21. The zero-order chi connectivity index (χ0) is 14.7. The third-order valence-electron chi connectivity index (χ3n) is 2.99. The van der Waals surface area contributed by atoms with Gasteiger partial charge in [-0.3, -0.25) is 9.78 Å². The van der Waals surface area contributed by atoms with Crippen LogP contribution >= 0.6 is 12.2 Å². The number of amides is 1. The van der Waals surface area contributed by atoms with Gasteiger partial charge < -0.3 is 10.6 Å². The molecule has 2 rings (SSSR count). The molecule has 0 aliphatic heterocycles. The maximum absolute atomic E-state index is 12.4. The van der Waals surface area contributed by atoms with Gasteiger partial charge in [-0.25, -0.2) is 0 Å². The normalized spacial score (nSPS) is 10.1. The fourth-order valence-corrected chi connectivity index (χ4v) is 2.04. The van der Waals surface area contributed by atoms with E-state index in [-0.39, 0.29) is 10.9 Å². The van der Waals surface area contributed by atoms with Crippen molar-refractivity contribution in [2.45, 2.75) is 6.92 Å². The number of pyridine rings is 1. The molecule has 1 heterocycles. The Hall–Kier alpha value is -2.27. The van der Waals surface area contributed by atoms with E-state index in [0.29, 0.717) is 16.8 Å². The maximum atomic E-state index is 12.4. The van der Waals surface area contributed by atoms with Crippen molar-refractivity contribution in [3.63, 3.8) is 0 Å². The van der Waals surface area contributed by atoms with E-state index in [1.165, 1.54) is 4.90 Å². The summed E-state index contributed by atoms with van der Waals surface area (Å²) >= 11 is 5.02. The average Bonchev–Trinajstić information content (AvgIpc) is 2.46. The number of carbonyl (C=O) groups is 1. The highest BCUT2D eigenvalue weighted by Crippen LogP contribution is 2.20. The fourth-order valence-electron chi connectivity index (χ4n) is 1.87. The number of carbonyl (C=O) groups excluding carboxylic acids is 1. The molecule has 0 aliphatic carbocycles. The number of anilines is 1. The summed E-state index contributed by atoms with van der Waals surface area (Å²) in [6.45, 7) is 1.88. The zero-order valence-corrected chi connectivity index (χ0v) is 12.1. The fraction of sp³-hybridized carbons (Fsp3) is 0.133. The second-order valence-corrected chi connectivity index (χ2v) is 4.87. The molecule has 5 heteroatoms. The van der Waals surface area contributed by atoms with Crippen molar-refractivity contribution in [3.8, 4) is 0 Å². The first-order valence-electron chi connectivity index (χ1n) is 6.10. The Balaban J connectivity index is 2.36. The van der Waals surface area contributed by atoms with Gasteiger partial charge in [0.15, 0.2) is 0 Å². The lowest BCUT2D eigenvalue weighted by atomic mass is 10.1. The van der Waals surface area contributed by atoms with Crippen LogP contribution in [0.2, 0.25) is 0 Å². The lowest BCUT2D eigenvalue weighted by Crippen LogP contribution is -2.28. The van der Waals surface area contributed by atoms with Gasteiger partial charge in [-0.2, -0.15) is 0 Å². The molecule has 0 aliphatic rings. The summed E-state index contributed by atoms with van der Waals surface area (Å²) in [6.07, 6.45) is 1.57. The number of nitrogens with two attached hydrogens (primary N) is 1. The van der Waals surface area contributed by atoms with E-state index in [1.54, 1.807) is 31.4 Å². The first-order valence-corrected chi connectivity index (χ1v) is 6.51. The Morgan fingerprint density at radius 3 is 2.55 bits per heavy atom. The van der Waals surface area contributed by atoms with Crippen LogP contribution < -0.4 is 10.6 Å². The summed E-state index contributed by atoms with van der Waals surface area (Å²) in [4.78, 5) is 18.4. The number of aryl methyl sites for hydroxylation is 1. The largest absolute Gasteiger partial charge is 0.389 e. The molecular formula is C15H15N3OS. The monoisotopic (exact) mass is 285 g/mol.